The highest BCUT2D eigenvalue weighted by molar-refractivity contribution is 7.16. The third kappa shape index (κ3) is 3.69. The largest absolute Gasteiger partial charge is 0.306 e. The summed E-state index contributed by atoms with van der Waals surface area (Å²) in [5, 5.41) is 3.94. The smallest absolute Gasteiger partial charge is 0.123 e. The van der Waals surface area contributed by atoms with E-state index in [-0.39, 0.29) is 11.9 Å². The molecule has 102 valence electrons. The fraction of sp³-hybridized carbons (Fsp3) is 0.286. The number of hydrogen-bond donors (Lipinski definition) is 1. The Labute approximate surface area is 126 Å². The van der Waals surface area contributed by atoms with Gasteiger partial charge in [-0.05, 0) is 48.9 Å². The molecular weight excluding hydrogens is 304 g/mol. The molecule has 0 radical (unpaired) electrons. The monoisotopic (exact) mass is 317 g/mol. The van der Waals surface area contributed by atoms with Gasteiger partial charge in [-0.1, -0.05) is 30.1 Å². The lowest BCUT2D eigenvalue weighted by atomic mass is 10.0. The van der Waals surface area contributed by atoms with E-state index in [4.69, 9.17) is 23.2 Å². The summed E-state index contributed by atoms with van der Waals surface area (Å²) in [5.74, 6) is -0.287. The molecule has 2 rings (SSSR count). The van der Waals surface area contributed by atoms with Gasteiger partial charge in [0.1, 0.15) is 5.82 Å². The van der Waals surface area contributed by atoms with Crippen LogP contribution in [-0.4, -0.2) is 6.54 Å². The van der Waals surface area contributed by atoms with Gasteiger partial charge in [-0.3, -0.25) is 0 Å². The van der Waals surface area contributed by atoms with Gasteiger partial charge in [0.05, 0.1) is 10.4 Å². The van der Waals surface area contributed by atoms with Crippen molar-refractivity contribution in [3.05, 3.63) is 55.9 Å². The molecule has 0 spiro atoms. The van der Waals surface area contributed by atoms with E-state index in [2.05, 4.69) is 12.2 Å². The van der Waals surface area contributed by atoms with Gasteiger partial charge >= 0.3 is 0 Å². The van der Waals surface area contributed by atoms with Gasteiger partial charge in [0.25, 0.3) is 0 Å². The number of thiophene rings is 1. The normalized spacial score (nSPS) is 12.6. The van der Waals surface area contributed by atoms with Crippen LogP contribution < -0.4 is 5.32 Å². The number of hydrogen-bond acceptors (Lipinski definition) is 2. The lowest BCUT2D eigenvalue weighted by molar-refractivity contribution is 0.591. The molecule has 1 aromatic heterocycles. The Hall–Kier alpha value is -0.610. The van der Waals surface area contributed by atoms with E-state index >= 15 is 0 Å². The van der Waals surface area contributed by atoms with Crippen LogP contribution in [0.3, 0.4) is 0 Å². The molecule has 1 N–H and O–H groups in total. The zero-order chi connectivity index (χ0) is 13.8. The molecule has 5 heteroatoms. The summed E-state index contributed by atoms with van der Waals surface area (Å²) in [6.45, 7) is 2.91. The highest BCUT2D eigenvalue weighted by Gasteiger charge is 2.18. The predicted octanol–water partition coefficient (Wildman–Crippen LogP) is 5.28. The van der Waals surface area contributed by atoms with E-state index in [1.807, 2.05) is 12.1 Å². The molecule has 0 amide bonds. The first-order valence-electron chi connectivity index (χ1n) is 6.05. The van der Waals surface area contributed by atoms with Crippen LogP contribution in [0.15, 0.2) is 30.3 Å². The van der Waals surface area contributed by atoms with Crippen molar-refractivity contribution < 1.29 is 4.39 Å². The van der Waals surface area contributed by atoms with Gasteiger partial charge in [0, 0.05) is 9.90 Å². The topological polar surface area (TPSA) is 12.0 Å². The molecule has 19 heavy (non-hydrogen) atoms. The molecule has 0 aliphatic carbocycles. The Bertz CT molecular complexity index is 556. The minimum Gasteiger partial charge on any atom is -0.306 e. The van der Waals surface area contributed by atoms with Crippen molar-refractivity contribution in [1.82, 2.24) is 5.32 Å². The van der Waals surface area contributed by atoms with E-state index < -0.39 is 0 Å². The summed E-state index contributed by atoms with van der Waals surface area (Å²) in [6.07, 6.45) is 0.989. The maximum atomic E-state index is 13.4. The molecule has 1 aromatic carbocycles. The standard InChI is InChI=1S/C14H14Cl2FNS/c1-2-7-18-14(12-5-6-13(16)19-12)10-8-9(17)3-4-11(10)15/h3-6,8,14,18H,2,7H2,1H3. The maximum Gasteiger partial charge on any atom is 0.123 e. The summed E-state index contributed by atoms with van der Waals surface area (Å²) >= 11 is 13.6. The minimum absolute atomic E-state index is 0.124. The molecular formula is C14H14Cl2FNS. The summed E-state index contributed by atoms with van der Waals surface area (Å²) < 4.78 is 14.2. The van der Waals surface area contributed by atoms with Gasteiger partial charge in [-0.15, -0.1) is 11.3 Å². The molecule has 0 saturated heterocycles. The molecule has 0 aliphatic heterocycles. The van der Waals surface area contributed by atoms with Crippen LogP contribution >= 0.6 is 34.5 Å². The number of halogens is 3. The predicted molar refractivity (Wildman–Crippen MR) is 80.9 cm³/mol. The van der Waals surface area contributed by atoms with Gasteiger partial charge in [0.2, 0.25) is 0 Å². The summed E-state index contributed by atoms with van der Waals surface area (Å²) in [7, 11) is 0. The number of benzene rings is 1. The summed E-state index contributed by atoms with van der Waals surface area (Å²) in [4.78, 5) is 1.03. The second-order valence-corrected chi connectivity index (χ2v) is 6.35. The fourth-order valence-corrected chi connectivity index (χ4v) is 3.25. The lowest BCUT2D eigenvalue weighted by Gasteiger charge is -2.19. The maximum absolute atomic E-state index is 13.4. The van der Waals surface area contributed by atoms with Crippen molar-refractivity contribution in [3.63, 3.8) is 0 Å². The first-order valence-corrected chi connectivity index (χ1v) is 7.62. The molecule has 1 nitrogen and oxygen atoms in total. The van der Waals surface area contributed by atoms with Crippen LogP contribution in [-0.2, 0) is 0 Å². The average molecular weight is 318 g/mol. The molecule has 1 heterocycles. The zero-order valence-electron chi connectivity index (χ0n) is 10.4. The molecule has 0 saturated carbocycles. The van der Waals surface area contributed by atoms with Crippen LogP contribution in [0.1, 0.15) is 29.8 Å². The fourth-order valence-electron chi connectivity index (χ4n) is 1.87. The van der Waals surface area contributed by atoms with Crippen molar-refractivity contribution in [1.29, 1.82) is 0 Å². The van der Waals surface area contributed by atoms with E-state index in [1.54, 1.807) is 6.07 Å². The van der Waals surface area contributed by atoms with Crippen LogP contribution in [0.25, 0.3) is 0 Å². The van der Waals surface area contributed by atoms with Crippen molar-refractivity contribution in [2.75, 3.05) is 6.54 Å². The van der Waals surface area contributed by atoms with Gasteiger partial charge < -0.3 is 5.32 Å². The molecule has 0 fully saturated rings. The number of nitrogens with one attached hydrogen (secondary N) is 1. The van der Waals surface area contributed by atoms with Crippen LogP contribution in [0.5, 0.6) is 0 Å². The third-order valence-electron chi connectivity index (χ3n) is 2.75. The second kappa shape index (κ2) is 6.71. The van der Waals surface area contributed by atoms with Crippen molar-refractivity contribution in [3.8, 4) is 0 Å². The highest BCUT2D eigenvalue weighted by Crippen LogP contribution is 2.34. The second-order valence-electron chi connectivity index (χ2n) is 4.19. The molecule has 0 bridgehead atoms. The molecule has 0 aliphatic rings. The zero-order valence-corrected chi connectivity index (χ0v) is 12.7. The first-order chi connectivity index (χ1) is 9.11. The van der Waals surface area contributed by atoms with Crippen LogP contribution in [0, 0.1) is 5.82 Å². The average Bonchev–Trinajstić information content (AvgIpc) is 2.80. The van der Waals surface area contributed by atoms with E-state index in [9.17, 15) is 4.39 Å². The van der Waals surface area contributed by atoms with E-state index in [0.29, 0.717) is 9.36 Å². The molecule has 2 aromatic rings. The minimum atomic E-state index is -0.287. The van der Waals surface area contributed by atoms with Crippen LogP contribution in [0.4, 0.5) is 4.39 Å². The Kier molecular flexibility index (Phi) is 5.22. The Morgan fingerprint density at radius 1 is 1.26 bits per heavy atom. The summed E-state index contributed by atoms with van der Waals surface area (Å²) in [5.41, 5.74) is 0.744. The van der Waals surface area contributed by atoms with E-state index in [1.165, 1.54) is 23.5 Å². The quantitative estimate of drug-likeness (QED) is 0.790. The van der Waals surface area contributed by atoms with E-state index in [0.717, 1.165) is 23.4 Å². The van der Waals surface area contributed by atoms with Crippen molar-refractivity contribution >= 4 is 34.5 Å². The Balaban J connectivity index is 2.39. The first kappa shape index (κ1) is 14.8. The van der Waals surface area contributed by atoms with Gasteiger partial charge in [-0.25, -0.2) is 4.39 Å². The SMILES string of the molecule is CCCNC(c1ccc(Cl)s1)c1cc(F)ccc1Cl. The molecule has 1 unspecified atom stereocenters. The third-order valence-corrected chi connectivity index (χ3v) is 4.39. The Morgan fingerprint density at radius 2 is 2.05 bits per heavy atom. The van der Waals surface area contributed by atoms with Gasteiger partial charge in [0.15, 0.2) is 0 Å². The van der Waals surface area contributed by atoms with Crippen LogP contribution in [0.2, 0.25) is 9.36 Å². The Morgan fingerprint density at radius 3 is 2.68 bits per heavy atom. The highest BCUT2D eigenvalue weighted by atomic mass is 35.5. The molecule has 1 atom stereocenters. The lowest BCUT2D eigenvalue weighted by Crippen LogP contribution is -2.22. The van der Waals surface area contributed by atoms with Crippen molar-refractivity contribution in [2.24, 2.45) is 0 Å². The van der Waals surface area contributed by atoms with Crippen molar-refractivity contribution in [2.45, 2.75) is 19.4 Å². The van der Waals surface area contributed by atoms with Gasteiger partial charge in [-0.2, -0.15) is 0 Å². The summed E-state index contributed by atoms with van der Waals surface area (Å²) in [6, 6.07) is 8.09. The number of rotatable bonds is 5.